The highest BCUT2D eigenvalue weighted by molar-refractivity contribution is 6.30. The summed E-state index contributed by atoms with van der Waals surface area (Å²) in [5.74, 6) is 0.789. The summed E-state index contributed by atoms with van der Waals surface area (Å²) in [7, 11) is 1.64. The SMILES string of the molecule is COCc1cc(Cl)cc(OC[C@@H]2C[C@H](Cl)C[C@H]2O)c1. The highest BCUT2D eigenvalue weighted by Crippen LogP contribution is 2.31. The van der Waals surface area contributed by atoms with E-state index >= 15 is 0 Å². The van der Waals surface area contributed by atoms with Crippen molar-refractivity contribution in [1.82, 2.24) is 0 Å². The Morgan fingerprint density at radius 3 is 2.74 bits per heavy atom. The number of methoxy groups -OCH3 is 1. The largest absolute Gasteiger partial charge is 0.493 e. The first-order chi connectivity index (χ1) is 9.08. The lowest BCUT2D eigenvalue weighted by molar-refractivity contribution is 0.0985. The van der Waals surface area contributed by atoms with Crippen molar-refractivity contribution >= 4 is 23.2 Å². The van der Waals surface area contributed by atoms with Crippen molar-refractivity contribution in [3.8, 4) is 5.75 Å². The van der Waals surface area contributed by atoms with Gasteiger partial charge in [-0.05, 0) is 36.6 Å². The summed E-state index contributed by atoms with van der Waals surface area (Å²) in [6.45, 7) is 0.948. The van der Waals surface area contributed by atoms with Crippen LogP contribution in [0.4, 0.5) is 0 Å². The Kier molecular flexibility index (Phi) is 5.34. The molecule has 1 aromatic rings. The highest BCUT2D eigenvalue weighted by atomic mass is 35.5. The minimum atomic E-state index is -0.375. The molecule has 1 saturated carbocycles. The van der Waals surface area contributed by atoms with Crippen LogP contribution in [-0.2, 0) is 11.3 Å². The van der Waals surface area contributed by atoms with Gasteiger partial charge in [-0.1, -0.05) is 11.6 Å². The zero-order valence-electron chi connectivity index (χ0n) is 10.8. The summed E-state index contributed by atoms with van der Waals surface area (Å²) in [6.07, 6.45) is 1.05. The van der Waals surface area contributed by atoms with E-state index in [0.717, 1.165) is 12.0 Å². The van der Waals surface area contributed by atoms with E-state index in [1.54, 1.807) is 13.2 Å². The standard InChI is InChI=1S/C14H18Cl2O3/c1-18-7-9-2-11(15)5-13(3-9)19-8-10-4-12(16)6-14(10)17/h2-3,5,10,12,14,17H,4,6-8H2,1H3/t10-,12-,14+/m0/s1. The molecule has 0 amide bonds. The van der Waals surface area contributed by atoms with Gasteiger partial charge in [0, 0.05) is 23.4 Å². The van der Waals surface area contributed by atoms with Crippen LogP contribution in [0, 0.1) is 5.92 Å². The van der Waals surface area contributed by atoms with Crippen LogP contribution in [0.3, 0.4) is 0 Å². The third kappa shape index (κ3) is 4.25. The van der Waals surface area contributed by atoms with Gasteiger partial charge in [-0.2, -0.15) is 0 Å². The number of halogens is 2. The molecule has 3 nitrogen and oxygen atoms in total. The molecule has 19 heavy (non-hydrogen) atoms. The van der Waals surface area contributed by atoms with Crippen LogP contribution in [0.15, 0.2) is 18.2 Å². The Morgan fingerprint density at radius 1 is 1.32 bits per heavy atom. The van der Waals surface area contributed by atoms with Crippen LogP contribution in [0.2, 0.25) is 5.02 Å². The van der Waals surface area contributed by atoms with Crippen molar-refractivity contribution in [3.05, 3.63) is 28.8 Å². The molecule has 2 rings (SSSR count). The van der Waals surface area contributed by atoms with E-state index in [1.807, 2.05) is 12.1 Å². The van der Waals surface area contributed by atoms with Gasteiger partial charge in [0.05, 0.1) is 19.3 Å². The summed E-state index contributed by atoms with van der Waals surface area (Å²) in [6, 6.07) is 5.51. The minimum Gasteiger partial charge on any atom is -0.493 e. The number of hydrogen-bond donors (Lipinski definition) is 1. The monoisotopic (exact) mass is 304 g/mol. The van der Waals surface area contributed by atoms with Crippen molar-refractivity contribution < 1.29 is 14.6 Å². The van der Waals surface area contributed by atoms with Gasteiger partial charge >= 0.3 is 0 Å². The molecule has 1 aliphatic carbocycles. The Labute approximate surface area is 123 Å². The molecule has 1 aromatic carbocycles. The fourth-order valence-corrected chi connectivity index (χ4v) is 3.03. The first-order valence-corrected chi connectivity index (χ1v) is 7.13. The van der Waals surface area contributed by atoms with E-state index in [1.165, 1.54) is 0 Å². The molecule has 0 bridgehead atoms. The third-order valence-electron chi connectivity index (χ3n) is 3.31. The van der Waals surface area contributed by atoms with E-state index in [2.05, 4.69) is 0 Å². The number of aliphatic hydroxyl groups is 1. The van der Waals surface area contributed by atoms with Crippen LogP contribution < -0.4 is 4.74 Å². The lowest BCUT2D eigenvalue weighted by Crippen LogP contribution is -2.20. The van der Waals surface area contributed by atoms with Crippen LogP contribution in [0.1, 0.15) is 18.4 Å². The zero-order valence-corrected chi connectivity index (χ0v) is 12.3. The quantitative estimate of drug-likeness (QED) is 0.849. The fourth-order valence-electron chi connectivity index (χ4n) is 2.37. The molecule has 0 heterocycles. The van der Waals surface area contributed by atoms with Crippen LogP contribution in [-0.4, -0.2) is 30.3 Å². The Morgan fingerprint density at radius 2 is 2.11 bits per heavy atom. The summed E-state index contributed by atoms with van der Waals surface area (Å²) in [5, 5.41) is 10.5. The van der Waals surface area contributed by atoms with Crippen molar-refractivity contribution in [2.75, 3.05) is 13.7 Å². The molecule has 0 saturated heterocycles. The molecular weight excluding hydrogens is 287 g/mol. The van der Waals surface area contributed by atoms with Crippen molar-refractivity contribution in [1.29, 1.82) is 0 Å². The van der Waals surface area contributed by atoms with E-state index in [4.69, 9.17) is 32.7 Å². The zero-order chi connectivity index (χ0) is 13.8. The Balaban J connectivity index is 1.95. The molecule has 0 aliphatic heterocycles. The van der Waals surface area contributed by atoms with E-state index in [9.17, 15) is 5.11 Å². The summed E-state index contributed by atoms with van der Waals surface area (Å²) in [4.78, 5) is 0. The van der Waals surface area contributed by atoms with Gasteiger partial charge in [-0.3, -0.25) is 0 Å². The second-order valence-corrected chi connectivity index (χ2v) is 5.99. The molecular formula is C14H18Cl2O3. The van der Waals surface area contributed by atoms with Gasteiger partial charge in [-0.15, -0.1) is 11.6 Å². The number of aliphatic hydroxyl groups excluding tert-OH is 1. The van der Waals surface area contributed by atoms with Gasteiger partial charge < -0.3 is 14.6 Å². The molecule has 0 spiro atoms. The Bertz CT molecular complexity index is 425. The lowest BCUT2D eigenvalue weighted by Gasteiger charge is -2.16. The van der Waals surface area contributed by atoms with Crippen molar-refractivity contribution in [2.45, 2.75) is 30.9 Å². The maximum absolute atomic E-state index is 9.82. The molecule has 0 unspecified atom stereocenters. The normalized spacial score (nSPS) is 26.6. The third-order valence-corrected chi connectivity index (χ3v) is 3.88. The number of ether oxygens (including phenoxy) is 2. The smallest absolute Gasteiger partial charge is 0.121 e. The Hall–Kier alpha value is -0.480. The molecule has 1 aliphatic rings. The number of benzene rings is 1. The fraction of sp³-hybridized carbons (Fsp3) is 0.571. The lowest BCUT2D eigenvalue weighted by atomic mass is 10.1. The van der Waals surface area contributed by atoms with Crippen LogP contribution in [0.25, 0.3) is 0 Å². The summed E-state index contributed by atoms with van der Waals surface area (Å²) < 4.78 is 10.8. The summed E-state index contributed by atoms with van der Waals surface area (Å²) >= 11 is 12.0. The minimum absolute atomic E-state index is 0.0482. The first-order valence-electron chi connectivity index (χ1n) is 6.32. The van der Waals surface area contributed by atoms with E-state index in [0.29, 0.717) is 30.4 Å². The molecule has 0 radical (unpaired) electrons. The molecule has 106 valence electrons. The van der Waals surface area contributed by atoms with Gasteiger partial charge in [-0.25, -0.2) is 0 Å². The topological polar surface area (TPSA) is 38.7 Å². The van der Waals surface area contributed by atoms with E-state index in [-0.39, 0.29) is 17.4 Å². The number of rotatable bonds is 5. The number of hydrogen-bond acceptors (Lipinski definition) is 3. The molecule has 3 atom stereocenters. The van der Waals surface area contributed by atoms with Crippen LogP contribution >= 0.6 is 23.2 Å². The highest BCUT2D eigenvalue weighted by Gasteiger charge is 2.32. The second kappa shape index (κ2) is 6.80. The average Bonchev–Trinajstić information content (AvgIpc) is 2.65. The van der Waals surface area contributed by atoms with Gasteiger partial charge in [0.1, 0.15) is 5.75 Å². The summed E-state index contributed by atoms with van der Waals surface area (Å²) in [5.41, 5.74) is 0.965. The first kappa shape index (κ1) is 14.9. The maximum atomic E-state index is 9.82. The molecule has 1 N–H and O–H groups in total. The molecule has 1 fully saturated rings. The van der Waals surface area contributed by atoms with Gasteiger partial charge in [0.25, 0.3) is 0 Å². The van der Waals surface area contributed by atoms with Gasteiger partial charge in [0.2, 0.25) is 0 Å². The van der Waals surface area contributed by atoms with Gasteiger partial charge in [0.15, 0.2) is 0 Å². The molecule has 0 aromatic heterocycles. The van der Waals surface area contributed by atoms with E-state index < -0.39 is 0 Å². The van der Waals surface area contributed by atoms with Crippen molar-refractivity contribution in [2.24, 2.45) is 5.92 Å². The predicted molar refractivity (Wildman–Crippen MR) is 76.0 cm³/mol. The van der Waals surface area contributed by atoms with Crippen molar-refractivity contribution in [3.63, 3.8) is 0 Å². The molecule has 5 heteroatoms. The van der Waals surface area contributed by atoms with Crippen LogP contribution in [0.5, 0.6) is 5.75 Å². The number of alkyl halides is 1. The second-order valence-electron chi connectivity index (χ2n) is 4.94. The average molecular weight is 305 g/mol. The predicted octanol–water partition coefficient (Wildman–Crippen LogP) is 3.24. The maximum Gasteiger partial charge on any atom is 0.121 e.